The minimum absolute atomic E-state index is 0.00143. The third kappa shape index (κ3) is 5.38. The lowest BCUT2D eigenvalue weighted by Gasteiger charge is -2.28. The average Bonchev–Trinajstić information content (AvgIpc) is 3.41. The second kappa shape index (κ2) is 9.28. The van der Waals surface area contributed by atoms with Crippen LogP contribution in [0, 0.1) is 0 Å². The van der Waals surface area contributed by atoms with Crippen molar-refractivity contribution in [1.82, 2.24) is 14.4 Å². The zero-order valence-electron chi connectivity index (χ0n) is 16.4. The van der Waals surface area contributed by atoms with Crippen LogP contribution in [0.3, 0.4) is 0 Å². The number of hydrogen-bond donors (Lipinski definition) is 1. The first-order chi connectivity index (χ1) is 13.5. The summed E-state index contributed by atoms with van der Waals surface area (Å²) in [5.41, 5.74) is 1.80. The van der Waals surface area contributed by atoms with E-state index in [1.807, 2.05) is 66.0 Å². The first kappa shape index (κ1) is 20.5. The van der Waals surface area contributed by atoms with Crippen molar-refractivity contribution in [3.8, 4) is 0 Å². The zero-order chi connectivity index (χ0) is 20.1. The van der Waals surface area contributed by atoms with E-state index in [-0.39, 0.29) is 18.5 Å². The van der Waals surface area contributed by atoms with Crippen LogP contribution in [0.5, 0.6) is 0 Å². The van der Waals surface area contributed by atoms with Crippen molar-refractivity contribution in [2.75, 3.05) is 18.4 Å². The van der Waals surface area contributed by atoms with Crippen molar-refractivity contribution < 1.29 is 9.59 Å². The molecule has 0 spiro atoms. The van der Waals surface area contributed by atoms with Gasteiger partial charge in [-0.15, -0.1) is 0 Å². The number of carbonyl (C=O) groups excluding carboxylic acids is 2. The van der Waals surface area contributed by atoms with E-state index in [4.69, 9.17) is 0 Å². The van der Waals surface area contributed by atoms with E-state index in [9.17, 15) is 9.59 Å². The number of anilines is 1. The number of carbonyl (C=O) groups is 2. The molecule has 0 atom stereocenters. The number of benzene rings is 1. The van der Waals surface area contributed by atoms with Crippen LogP contribution in [-0.2, 0) is 18.4 Å². The lowest BCUT2D eigenvalue weighted by atomic mass is 10.3. The number of amides is 3. The van der Waals surface area contributed by atoms with E-state index < -0.39 is 0 Å². The van der Waals surface area contributed by atoms with Crippen LogP contribution in [0.25, 0.3) is 0 Å². The van der Waals surface area contributed by atoms with Gasteiger partial charge in [-0.1, -0.05) is 28.9 Å². The van der Waals surface area contributed by atoms with Crippen molar-refractivity contribution in [2.24, 2.45) is 7.05 Å². The molecular formula is C21H27BrN4O2. The fourth-order valence-electron chi connectivity index (χ4n) is 3.19. The second-order valence-electron chi connectivity index (χ2n) is 7.23. The quantitative estimate of drug-likeness (QED) is 0.659. The number of nitrogens with one attached hydrogen (secondary N) is 1. The number of aryl methyl sites for hydroxylation is 1. The molecule has 2 aromatic rings. The van der Waals surface area contributed by atoms with Gasteiger partial charge in [0.1, 0.15) is 6.54 Å². The van der Waals surface area contributed by atoms with Crippen LogP contribution in [0.15, 0.2) is 47.1 Å². The van der Waals surface area contributed by atoms with Gasteiger partial charge in [-0.3, -0.25) is 4.79 Å². The summed E-state index contributed by atoms with van der Waals surface area (Å²) >= 11 is 3.41. The Bertz CT molecular complexity index is 831. The van der Waals surface area contributed by atoms with E-state index in [2.05, 4.69) is 21.2 Å². The summed E-state index contributed by atoms with van der Waals surface area (Å²) in [5.74, 6) is 0.00143. The third-order valence-electron chi connectivity index (χ3n) is 4.87. The number of halogens is 1. The van der Waals surface area contributed by atoms with Gasteiger partial charge in [0.05, 0.1) is 6.54 Å². The lowest BCUT2D eigenvalue weighted by molar-refractivity contribution is -0.133. The van der Waals surface area contributed by atoms with Gasteiger partial charge in [0.15, 0.2) is 0 Å². The smallest absolute Gasteiger partial charge is 0.322 e. The van der Waals surface area contributed by atoms with Crippen LogP contribution < -0.4 is 5.32 Å². The molecule has 7 heteroatoms. The molecule has 1 aliphatic rings. The molecule has 1 aliphatic carbocycles. The Morgan fingerprint density at radius 3 is 2.64 bits per heavy atom. The third-order valence-corrected chi connectivity index (χ3v) is 5.37. The van der Waals surface area contributed by atoms with Crippen LogP contribution in [0.2, 0.25) is 0 Å². The SMILES string of the molecule is CCCN(CC(=O)N(Cc1cccn1C)C1CC1)C(=O)Nc1cccc(Br)c1. The average molecular weight is 447 g/mol. The van der Waals surface area contributed by atoms with Crippen molar-refractivity contribution in [3.63, 3.8) is 0 Å². The van der Waals surface area contributed by atoms with Gasteiger partial charge in [0, 0.05) is 41.7 Å². The second-order valence-corrected chi connectivity index (χ2v) is 8.14. The molecule has 0 bridgehead atoms. The summed E-state index contributed by atoms with van der Waals surface area (Å²) < 4.78 is 2.93. The molecule has 150 valence electrons. The van der Waals surface area contributed by atoms with Crippen molar-refractivity contribution in [3.05, 3.63) is 52.8 Å². The molecule has 3 amide bonds. The van der Waals surface area contributed by atoms with Gasteiger partial charge < -0.3 is 19.7 Å². The molecule has 3 rings (SSSR count). The van der Waals surface area contributed by atoms with E-state index in [1.165, 1.54) is 0 Å². The van der Waals surface area contributed by atoms with Crippen molar-refractivity contribution >= 4 is 33.6 Å². The molecule has 1 saturated carbocycles. The predicted molar refractivity (Wildman–Crippen MR) is 114 cm³/mol. The largest absolute Gasteiger partial charge is 0.353 e. The molecule has 6 nitrogen and oxygen atoms in total. The van der Waals surface area contributed by atoms with Crippen molar-refractivity contribution in [2.45, 2.75) is 38.8 Å². The Hall–Kier alpha value is -2.28. The summed E-state index contributed by atoms with van der Waals surface area (Å²) in [6.45, 7) is 3.22. The van der Waals surface area contributed by atoms with Gasteiger partial charge >= 0.3 is 6.03 Å². The molecule has 0 unspecified atom stereocenters. The van der Waals surface area contributed by atoms with E-state index in [0.29, 0.717) is 24.8 Å². The molecule has 0 saturated heterocycles. The number of nitrogens with zero attached hydrogens (tertiary/aromatic N) is 3. The normalized spacial score (nSPS) is 13.2. The lowest BCUT2D eigenvalue weighted by Crippen LogP contribution is -2.45. The van der Waals surface area contributed by atoms with Crippen LogP contribution >= 0.6 is 15.9 Å². The molecular weight excluding hydrogens is 420 g/mol. The summed E-state index contributed by atoms with van der Waals surface area (Å²) in [7, 11) is 1.99. The zero-order valence-corrected chi connectivity index (χ0v) is 18.0. The molecule has 0 aliphatic heterocycles. The summed E-state index contributed by atoms with van der Waals surface area (Å²) in [6.07, 6.45) is 4.85. The summed E-state index contributed by atoms with van der Waals surface area (Å²) in [4.78, 5) is 29.3. The number of urea groups is 1. The fourth-order valence-corrected chi connectivity index (χ4v) is 3.59. The van der Waals surface area contributed by atoms with E-state index in [1.54, 1.807) is 4.90 Å². The predicted octanol–water partition coefficient (Wildman–Crippen LogP) is 4.22. The van der Waals surface area contributed by atoms with E-state index >= 15 is 0 Å². The molecule has 1 heterocycles. The maximum Gasteiger partial charge on any atom is 0.322 e. The van der Waals surface area contributed by atoms with E-state index in [0.717, 1.165) is 29.4 Å². The van der Waals surface area contributed by atoms with Gasteiger partial charge in [-0.25, -0.2) is 4.79 Å². The monoisotopic (exact) mass is 446 g/mol. The maximum absolute atomic E-state index is 13.0. The molecule has 1 N–H and O–H groups in total. The minimum atomic E-state index is -0.247. The minimum Gasteiger partial charge on any atom is -0.353 e. The van der Waals surface area contributed by atoms with Crippen molar-refractivity contribution in [1.29, 1.82) is 0 Å². The number of hydrogen-bond acceptors (Lipinski definition) is 2. The Balaban J connectivity index is 1.66. The first-order valence-electron chi connectivity index (χ1n) is 9.69. The Labute approximate surface area is 174 Å². The molecule has 1 aromatic carbocycles. The molecule has 0 radical (unpaired) electrons. The van der Waals surface area contributed by atoms with Gasteiger partial charge in [0.25, 0.3) is 0 Å². The number of rotatable bonds is 8. The standard InChI is InChI=1S/C21H27BrN4O2/c1-3-11-25(21(28)23-17-7-4-6-16(22)13-17)15-20(27)26(18-9-10-18)14-19-8-5-12-24(19)2/h4-8,12-13,18H,3,9-11,14-15H2,1-2H3,(H,23,28). The Kier molecular flexibility index (Phi) is 6.78. The topological polar surface area (TPSA) is 57.6 Å². The highest BCUT2D eigenvalue weighted by molar-refractivity contribution is 9.10. The van der Waals surface area contributed by atoms with Crippen LogP contribution in [-0.4, -0.2) is 45.4 Å². The van der Waals surface area contributed by atoms with Crippen LogP contribution in [0.1, 0.15) is 31.9 Å². The molecule has 1 aromatic heterocycles. The summed E-state index contributed by atoms with van der Waals surface area (Å²) in [5, 5.41) is 2.89. The summed E-state index contributed by atoms with van der Waals surface area (Å²) in [6, 6.07) is 11.5. The highest BCUT2D eigenvalue weighted by atomic mass is 79.9. The highest BCUT2D eigenvalue weighted by Gasteiger charge is 2.34. The van der Waals surface area contributed by atoms with Gasteiger partial charge in [-0.2, -0.15) is 0 Å². The number of aromatic nitrogens is 1. The molecule has 1 fully saturated rings. The van der Waals surface area contributed by atoms with Gasteiger partial charge in [0.2, 0.25) is 5.91 Å². The van der Waals surface area contributed by atoms with Gasteiger partial charge in [-0.05, 0) is 49.6 Å². The Morgan fingerprint density at radius 1 is 1.25 bits per heavy atom. The maximum atomic E-state index is 13.0. The molecule has 28 heavy (non-hydrogen) atoms. The van der Waals surface area contributed by atoms with Crippen LogP contribution in [0.4, 0.5) is 10.5 Å². The fraction of sp³-hybridized carbons (Fsp3) is 0.429. The highest BCUT2D eigenvalue weighted by Crippen LogP contribution is 2.28. The first-order valence-corrected chi connectivity index (χ1v) is 10.5. The Morgan fingerprint density at radius 2 is 2.04 bits per heavy atom.